The normalized spacial score (nSPS) is 10.5. The van der Waals surface area contributed by atoms with Gasteiger partial charge in [-0.1, -0.05) is 18.2 Å². The number of fused-ring (bicyclic) bond motifs is 1. The van der Waals surface area contributed by atoms with E-state index in [0.29, 0.717) is 17.1 Å². The molecule has 0 saturated carbocycles. The molecule has 1 aromatic carbocycles. The summed E-state index contributed by atoms with van der Waals surface area (Å²) < 4.78 is 1.86. The minimum Gasteiger partial charge on any atom is -0.383 e. The number of nitriles is 1. The predicted octanol–water partition coefficient (Wildman–Crippen LogP) is 2.76. The van der Waals surface area contributed by atoms with Gasteiger partial charge in [0.1, 0.15) is 17.2 Å². The van der Waals surface area contributed by atoms with Crippen LogP contribution in [0.25, 0.3) is 16.9 Å². The average molecular weight is 248 g/mol. The molecule has 0 spiro atoms. The predicted molar refractivity (Wildman–Crippen MR) is 74.5 cm³/mol. The van der Waals surface area contributed by atoms with E-state index in [9.17, 15) is 0 Å². The zero-order valence-corrected chi connectivity index (χ0v) is 10.5. The highest BCUT2D eigenvalue weighted by Crippen LogP contribution is 2.27. The van der Waals surface area contributed by atoms with Crippen LogP contribution in [0.3, 0.4) is 0 Å². The molecule has 2 N–H and O–H groups in total. The number of nitrogen functional groups attached to an aromatic ring is 1. The number of aryl methyl sites for hydroxylation is 1. The fraction of sp³-hybridized carbons (Fsp3) is 0.0667. The molecule has 0 aliphatic carbocycles. The molecule has 0 radical (unpaired) electrons. The van der Waals surface area contributed by atoms with Crippen molar-refractivity contribution >= 4 is 11.5 Å². The molecule has 0 aliphatic rings. The zero-order valence-electron chi connectivity index (χ0n) is 10.5. The van der Waals surface area contributed by atoms with E-state index in [0.717, 1.165) is 16.8 Å². The Balaban J connectivity index is 2.25. The largest absolute Gasteiger partial charge is 0.383 e. The molecule has 0 saturated heterocycles. The molecule has 4 heteroatoms. The Kier molecular flexibility index (Phi) is 2.46. The number of anilines is 1. The van der Waals surface area contributed by atoms with Crippen molar-refractivity contribution in [1.82, 2.24) is 9.38 Å². The molecular weight excluding hydrogens is 236 g/mol. The van der Waals surface area contributed by atoms with Crippen LogP contribution in [0.15, 0.2) is 42.6 Å². The first-order valence-corrected chi connectivity index (χ1v) is 5.94. The van der Waals surface area contributed by atoms with Gasteiger partial charge in [-0.3, -0.25) is 4.40 Å². The van der Waals surface area contributed by atoms with E-state index in [1.54, 1.807) is 12.1 Å². The van der Waals surface area contributed by atoms with Gasteiger partial charge in [-0.2, -0.15) is 5.26 Å². The first-order valence-electron chi connectivity index (χ1n) is 5.94. The number of aromatic nitrogens is 2. The van der Waals surface area contributed by atoms with Crippen molar-refractivity contribution in [2.45, 2.75) is 6.92 Å². The van der Waals surface area contributed by atoms with E-state index in [2.05, 4.69) is 11.1 Å². The maximum atomic E-state index is 8.95. The van der Waals surface area contributed by atoms with Crippen LogP contribution in [0.4, 0.5) is 5.82 Å². The van der Waals surface area contributed by atoms with Crippen LogP contribution in [0, 0.1) is 18.3 Å². The quantitative estimate of drug-likeness (QED) is 0.720. The Morgan fingerprint density at radius 3 is 2.89 bits per heavy atom. The topological polar surface area (TPSA) is 67.1 Å². The molecule has 0 amide bonds. The van der Waals surface area contributed by atoms with Gasteiger partial charge in [0.05, 0.1) is 11.6 Å². The third-order valence-corrected chi connectivity index (χ3v) is 3.07. The third kappa shape index (κ3) is 1.81. The van der Waals surface area contributed by atoms with Gasteiger partial charge in [-0.15, -0.1) is 0 Å². The molecule has 92 valence electrons. The van der Waals surface area contributed by atoms with Crippen LogP contribution in [0.1, 0.15) is 11.1 Å². The SMILES string of the molecule is Cc1ccc2nc(-c3cccc(C#N)c3)c(N)n2c1. The monoisotopic (exact) mass is 248 g/mol. The fourth-order valence-electron chi connectivity index (χ4n) is 2.12. The van der Waals surface area contributed by atoms with Crippen LogP contribution >= 0.6 is 0 Å². The summed E-state index contributed by atoms with van der Waals surface area (Å²) in [6.45, 7) is 2.01. The smallest absolute Gasteiger partial charge is 0.139 e. The Bertz CT molecular complexity index is 809. The number of rotatable bonds is 1. The molecule has 3 rings (SSSR count). The molecule has 0 unspecified atom stereocenters. The number of hydrogen-bond donors (Lipinski definition) is 1. The van der Waals surface area contributed by atoms with Gasteiger partial charge >= 0.3 is 0 Å². The van der Waals surface area contributed by atoms with Crippen LogP contribution < -0.4 is 5.73 Å². The summed E-state index contributed by atoms with van der Waals surface area (Å²) in [6, 6.07) is 13.4. The average Bonchev–Trinajstić information content (AvgIpc) is 2.76. The Morgan fingerprint density at radius 1 is 1.26 bits per heavy atom. The van der Waals surface area contributed by atoms with Crippen molar-refractivity contribution < 1.29 is 0 Å². The van der Waals surface area contributed by atoms with Crippen molar-refractivity contribution in [3.63, 3.8) is 0 Å². The van der Waals surface area contributed by atoms with Gasteiger partial charge in [0.2, 0.25) is 0 Å². The molecule has 4 nitrogen and oxygen atoms in total. The summed E-state index contributed by atoms with van der Waals surface area (Å²) >= 11 is 0. The summed E-state index contributed by atoms with van der Waals surface area (Å²) in [5, 5.41) is 8.95. The molecule has 0 atom stereocenters. The molecule has 19 heavy (non-hydrogen) atoms. The first-order chi connectivity index (χ1) is 9.19. The van der Waals surface area contributed by atoms with Crippen LogP contribution in [0.2, 0.25) is 0 Å². The minimum absolute atomic E-state index is 0.591. The van der Waals surface area contributed by atoms with Crippen molar-refractivity contribution in [2.75, 3.05) is 5.73 Å². The lowest BCUT2D eigenvalue weighted by molar-refractivity contribution is 1.16. The van der Waals surface area contributed by atoms with E-state index in [4.69, 9.17) is 11.0 Å². The van der Waals surface area contributed by atoms with Gasteiger partial charge in [-0.05, 0) is 30.7 Å². The van der Waals surface area contributed by atoms with E-state index in [-0.39, 0.29) is 0 Å². The number of pyridine rings is 1. The van der Waals surface area contributed by atoms with Crippen molar-refractivity contribution in [2.24, 2.45) is 0 Å². The summed E-state index contributed by atoms with van der Waals surface area (Å²) in [5.41, 5.74) is 10.2. The molecule has 0 bridgehead atoms. The van der Waals surface area contributed by atoms with Crippen LogP contribution in [-0.2, 0) is 0 Å². The lowest BCUT2D eigenvalue weighted by Crippen LogP contribution is -1.94. The van der Waals surface area contributed by atoms with Crippen molar-refractivity contribution in [3.8, 4) is 17.3 Å². The van der Waals surface area contributed by atoms with E-state index in [1.807, 2.05) is 41.8 Å². The number of nitrogens with zero attached hydrogens (tertiary/aromatic N) is 3. The Labute approximate surface area is 110 Å². The van der Waals surface area contributed by atoms with Gasteiger partial charge in [0.25, 0.3) is 0 Å². The first kappa shape index (κ1) is 11.3. The zero-order chi connectivity index (χ0) is 13.4. The molecule has 3 aromatic rings. The highest BCUT2D eigenvalue weighted by Gasteiger charge is 2.11. The molecule has 0 fully saturated rings. The van der Waals surface area contributed by atoms with Crippen LogP contribution in [-0.4, -0.2) is 9.38 Å². The van der Waals surface area contributed by atoms with Gasteiger partial charge in [0.15, 0.2) is 0 Å². The van der Waals surface area contributed by atoms with Gasteiger partial charge in [0, 0.05) is 11.8 Å². The number of hydrogen-bond acceptors (Lipinski definition) is 3. The van der Waals surface area contributed by atoms with Gasteiger partial charge in [-0.25, -0.2) is 4.98 Å². The standard InChI is InChI=1S/C15H12N4/c1-10-5-6-13-18-14(15(17)19(13)9-10)12-4-2-3-11(7-12)8-16/h2-7,9H,17H2,1H3. The molecule has 0 aliphatic heterocycles. The highest BCUT2D eigenvalue weighted by atomic mass is 15.1. The number of imidazole rings is 1. The highest BCUT2D eigenvalue weighted by molar-refractivity contribution is 5.75. The van der Waals surface area contributed by atoms with E-state index < -0.39 is 0 Å². The fourth-order valence-corrected chi connectivity index (χ4v) is 2.12. The van der Waals surface area contributed by atoms with Crippen LogP contribution in [0.5, 0.6) is 0 Å². The van der Waals surface area contributed by atoms with Crippen molar-refractivity contribution in [1.29, 1.82) is 5.26 Å². The van der Waals surface area contributed by atoms with E-state index in [1.165, 1.54) is 0 Å². The number of benzene rings is 1. The van der Waals surface area contributed by atoms with Crippen molar-refractivity contribution in [3.05, 3.63) is 53.7 Å². The maximum absolute atomic E-state index is 8.95. The second kappa shape index (κ2) is 4.14. The summed E-state index contributed by atoms with van der Waals surface area (Å²) in [5.74, 6) is 0.591. The number of nitrogens with two attached hydrogens (primary N) is 1. The summed E-state index contributed by atoms with van der Waals surface area (Å²) in [6.07, 6.45) is 1.95. The van der Waals surface area contributed by atoms with E-state index >= 15 is 0 Å². The van der Waals surface area contributed by atoms with Gasteiger partial charge < -0.3 is 5.73 Å². The Morgan fingerprint density at radius 2 is 2.11 bits per heavy atom. The summed E-state index contributed by atoms with van der Waals surface area (Å²) in [7, 11) is 0. The minimum atomic E-state index is 0.591. The molecule has 2 aromatic heterocycles. The second-order valence-electron chi connectivity index (χ2n) is 4.47. The Hall–Kier alpha value is -2.80. The maximum Gasteiger partial charge on any atom is 0.139 e. The third-order valence-electron chi connectivity index (χ3n) is 3.07. The second-order valence-corrected chi connectivity index (χ2v) is 4.47. The molecular formula is C15H12N4. The lowest BCUT2D eigenvalue weighted by atomic mass is 10.1. The molecule has 2 heterocycles. The summed E-state index contributed by atoms with van der Waals surface area (Å²) in [4.78, 5) is 4.53. The lowest BCUT2D eigenvalue weighted by Gasteiger charge is -2.00.